The van der Waals surface area contributed by atoms with Gasteiger partial charge in [0.25, 0.3) is 5.91 Å². The molecule has 1 aliphatic carbocycles. The Bertz CT molecular complexity index is 406. The molecule has 3 nitrogen and oxygen atoms in total. The zero-order chi connectivity index (χ0) is 15.7. The maximum Gasteiger partial charge on any atom is 1.00 e. The van der Waals surface area contributed by atoms with Crippen LogP contribution in [0.15, 0.2) is 36.6 Å². The maximum atomic E-state index is 12.5. The van der Waals surface area contributed by atoms with E-state index in [0.29, 0.717) is 0 Å². The fourth-order valence-corrected chi connectivity index (χ4v) is 2.29. The molecule has 0 atom stereocenters. The topological polar surface area (TPSA) is 29.5 Å². The third-order valence-corrected chi connectivity index (χ3v) is 3.58. The van der Waals surface area contributed by atoms with Crippen LogP contribution in [0.2, 0.25) is 0 Å². The Balaban J connectivity index is 0. The molecule has 1 saturated heterocycles. The van der Waals surface area contributed by atoms with Gasteiger partial charge in [-0.1, -0.05) is 32.6 Å². The molecule has 0 aromatic carbocycles. The molecule has 0 N–H and O–H groups in total. The zero-order valence-corrected chi connectivity index (χ0v) is 18.7. The summed E-state index contributed by atoms with van der Waals surface area (Å²) in [6.07, 6.45) is 13.1. The Morgan fingerprint density at radius 2 is 1.83 bits per heavy atom. The maximum absolute atomic E-state index is 12.5. The summed E-state index contributed by atoms with van der Waals surface area (Å²) in [7, 11) is 0. The molecule has 1 heterocycles. The minimum Gasteiger partial charge on any atom is -0.478 e. The Morgan fingerprint density at radius 1 is 1.26 bits per heavy atom. The van der Waals surface area contributed by atoms with Crippen molar-refractivity contribution in [1.29, 1.82) is 0 Å². The van der Waals surface area contributed by atoms with E-state index in [1.165, 1.54) is 0 Å². The van der Waals surface area contributed by atoms with E-state index in [-0.39, 0.29) is 64.7 Å². The van der Waals surface area contributed by atoms with Crippen LogP contribution in [0.1, 0.15) is 46.5 Å². The smallest absolute Gasteiger partial charge is 0.478 e. The first-order valence-corrected chi connectivity index (χ1v) is 7.97. The Morgan fingerprint density at radius 3 is 2.26 bits per heavy atom. The number of likely N-dealkylation sites (tertiary alicyclic amines) is 1. The second-order valence-electron chi connectivity index (χ2n) is 5.04. The number of allylic oxidation sites excluding steroid dienone is 4. The molecular formula is C19H31KNO2-. The quantitative estimate of drug-likeness (QED) is 0.327. The molecule has 1 amide bonds. The molecule has 1 saturated carbocycles. The fraction of sp³-hybridized carbons (Fsp3) is 0.526. The second kappa shape index (κ2) is 13.4. The minimum atomic E-state index is -0.593. The van der Waals surface area contributed by atoms with Crippen molar-refractivity contribution in [2.24, 2.45) is 0 Å². The van der Waals surface area contributed by atoms with Gasteiger partial charge in [-0.05, 0) is 32.2 Å². The van der Waals surface area contributed by atoms with Crippen LogP contribution < -0.4 is 51.4 Å². The summed E-state index contributed by atoms with van der Waals surface area (Å²) in [6.45, 7) is 11.2. The molecule has 4 heteroatoms. The van der Waals surface area contributed by atoms with Crippen molar-refractivity contribution in [2.75, 3.05) is 13.1 Å². The molecule has 2 fully saturated rings. The Hall–Kier alpha value is 0.126. The molecular weight excluding hydrogens is 313 g/mol. The number of carbonyl (C=O) groups excluding carboxylic acids is 1. The van der Waals surface area contributed by atoms with Crippen molar-refractivity contribution >= 4 is 5.91 Å². The number of carbonyl (C=O) groups is 1. The summed E-state index contributed by atoms with van der Waals surface area (Å²) in [5.41, 5.74) is -0.593. The number of rotatable bonds is 5. The summed E-state index contributed by atoms with van der Waals surface area (Å²) in [5.74, 6) is 0.904. The van der Waals surface area contributed by atoms with E-state index in [1.54, 1.807) is 6.08 Å². The van der Waals surface area contributed by atoms with Crippen LogP contribution in [0.5, 0.6) is 0 Å². The third-order valence-electron chi connectivity index (χ3n) is 3.58. The zero-order valence-electron chi connectivity index (χ0n) is 15.6. The summed E-state index contributed by atoms with van der Waals surface area (Å²) in [4.78, 5) is 14.5. The summed E-state index contributed by atoms with van der Waals surface area (Å²) in [6, 6.07) is 0. The van der Waals surface area contributed by atoms with E-state index in [1.807, 2.05) is 43.9 Å². The van der Waals surface area contributed by atoms with E-state index in [4.69, 9.17) is 4.74 Å². The number of hydrogen-bond acceptors (Lipinski definition) is 2. The van der Waals surface area contributed by atoms with E-state index in [9.17, 15) is 4.79 Å². The molecule has 2 aliphatic rings. The monoisotopic (exact) mass is 344 g/mol. The number of hydrogen-bond donors (Lipinski definition) is 0. The van der Waals surface area contributed by atoms with E-state index < -0.39 is 5.60 Å². The molecule has 0 aromatic rings. The SMILES string of the molecule is C=C/C=C\C(=C/C)OC1(C(=O)N2CC[CH-]CC2)CC1.CC.[CH3-].[K+]. The van der Waals surface area contributed by atoms with Crippen LogP contribution in [-0.2, 0) is 9.53 Å². The minimum absolute atomic E-state index is 0. The van der Waals surface area contributed by atoms with E-state index >= 15 is 0 Å². The largest absolute Gasteiger partial charge is 1.00 e. The Labute approximate surface area is 185 Å². The second-order valence-corrected chi connectivity index (χ2v) is 5.04. The van der Waals surface area contributed by atoms with Gasteiger partial charge in [-0.25, -0.2) is 0 Å². The van der Waals surface area contributed by atoms with Gasteiger partial charge in [0.1, 0.15) is 5.76 Å². The van der Waals surface area contributed by atoms with Gasteiger partial charge < -0.3 is 23.5 Å². The average molecular weight is 345 g/mol. The first-order chi connectivity index (χ1) is 10.2. The number of piperidine rings is 1. The van der Waals surface area contributed by atoms with Crippen molar-refractivity contribution in [3.8, 4) is 0 Å². The van der Waals surface area contributed by atoms with Gasteiger partial charge in [-0.3, -0.25) is 4.79 Å². The molecule has 0 bridgehead atoms. The van der Waals surface area contributed by atoms with E-state index in [2.05, 4.69) is 13.0 Å². The van der Waals surface area contributed by atoms with Gasteiger partial charge in [0.2, 0.25) is 0 Å². The van der Waals surface area contributed by atoms with Crippen molar-refractivity contribution in [3.63, 3.8) is 0 Å². The molecule has 0 spiro atoms. The summed E-state index contributed by atoms with van der Waals surface area (Å²) < 4.78 is 5.94. The van der Waals surface area contributed by atoms with Gasteiger partial charge in [-0.2, -0.15) is 12.8 Å². The molecule has 0 unspecified atom stereocenters. The van der Waals surface area contributed by atoms with Crippen molar-refractivity contribution in [1.82, 2.24) is 4.90 Å². The number of nitrogens with zero attached hydrogens (tertiary/aromatic N) is 1. The molecule has 23 heavy (non-hydrogen) atoms. The van der Waals surface area contributed by atoms with Crippen LogP contribution >= 0.6 is 0 Å². The predicted molar refractivity (Wildman–Crippen MR) is 94.0 cm³/mol. The molecule has 2 rings (SSSR count). The van der Waals surface area contributed by atoms with Crippen molar-refractivity contribution in [3.05, 3.63) is 50.5 Å². The molecule has 0 aromatic heterocycles. The molecule has 126 valence electrons. The van der Waals surface area contributed by atoms with Gasteiger partial charge in [0.15, 0.2) is 5.60 Å². The average Bonchev–Trinajstić information content (AvgIpc) is 3.34. The third kappa shape index (κ3) is 7.70. The van der Waals surface area contributed by atoms with Crippen molar-refractivity contribution < 1.29 is 60.9 Å². The van der Waals surface area contributed by atoms with Crippen LogP contribution in [0, 0.1) is 13.8 Å². The van der Waals surface area contributed by atoms with Gasteiger partial charge in [0, 0.05) is 12.8 Å². The fourth-order valence-electron chi connectivity index (χ4n) is 2.29. The van der Waals surface area contributed by atoms with Crippen LogP contribution in [0.25, 0.3) is 0 Å². The Kier molecular flexibility index (Phi) is 14.8. The molecule has 0 radical (unpaired) electrons. The van der Waals surface area contributed by atoms with Crippen LogP contribution in [-0.4, -0.2) is 29.5 Å². The summed E-state index contributed by atoms with van der Waals surface area (Å²) >= 11 is 0. The van der Waals surface area contributed by atoms with Gasteiger partial charge in [-0.15, -0.1) is 0 Å². The first kappa shape index (κ1) is 25.4. The normalized spacial score (nSPS) is 18.7. The van der Waals surface area contributed by atoms with Crippen molar-refractivity contribution in [2.45, 2.75) is 52.1 Å². The summed E-state index contributed by atoms with van der Waals surface area (Å²) in [5, 5.41) is 0. The standard InChI is InChI=1S/C16H22NO2.C2H6.CH3.K/c1-3-5-9-14(4-2)19-16(10-11-16)15(18)17-12-7-6-8-13-17;1-2;;/h3-6,9H,1,7-8,10-13H2,2H3;1-2H3;1H3;/q-1;;-1;+1/b9-5-,14-4+;;;. The molecule has 1 aliphatic heterocycles. The van der Waals surface area contributed by atoms with Gasteiger partial charge >= 0.3 is 51.4 Å². The number of amides is 1. The van der Waals surface area contributed by atoms with Crippen LogP contribution in [0.3, 0.4) is 0 Å². The van der Waals surface area contributed by atoms with Gasteiger partial charge in [0.05, 0.1) is 0 Å². The number of ether oxygens (including phenoxy) is 1. The van der Waals surface area contributed by atoms with Crippen LogP contribution in [0.4, 0.5) is 0 Å². The predicted octanol–water partition coefficient (Wildman–Crippen LogP) is 1.49. The first-order valence-electron chi connectivity index (χ1n) is 7.97. The van der Waals surface area contributed by atoms with E-state index in [0.717, 1.165) is 44.5 Å².